The quantitative estimate of drug-likeness (QED) is 0.869. The average molecular weight is 285 g/mol. The molecule has 2 rings (SSSR count). The molecule has 0 saturated carbocycles. The predicted octanol–water partition coefficient (Wildman–Crippen LogP) is 2.90. The summed E-state index contributed by atoms with van der Waals surface area (Å²) in [7, 11) is 1.67. The van der Waals surface area contributed by atoms with Crippen LogP contribution in [0.4, 0.5) is 0 Å². The van der Waals surface area contributed by atoms with E-state index in [0.29, 0.717) is 6.42 Å². The molecule has 78 valence electrons. The van der Waals surface area contributed by atoms with Crippen LogP contribution in [-0.2, 0) is 6.42 Å². The number of nitrogens with zero attached hydrogens (tertiary/aromatic N) is 2. The van der Waals surface area contributed by atoms with E-state index in [2.05, 4.69) is 25.3 Å². The minimum absolute atomic E-state index is 0.701. The first-order valence-electron chi connectivity index (χ1n) is 4.39. The van der Waals surface area contributed by atoms with Crippen molar-refractivity contribution in [2.24, 2.45) is 0 Å². The number of benzene rings is 1. The van der Waals surface area contributed by atoms with Crippen LogP contribution < -0.4 is 4.74 Å². The van der Waals surface area contributed by atoms with Crippen molar-refractivity contribution >= 4 is 27.5 Å². The van der Waals surface area contributed by atoms with Gasteiger partial charge >= 0.3 is 0 Å². The van der Waals surface area contributed by atoms with E-state index in [1.165, 1.54) is 11.5 Å². The summed E-state index contributed by atoms with van der Waals surface area (Å²) >= 11 is 4.65. The van der Waals surface area contributed by atoms with Crippen molar-refractivity contribution in [1.29, 1.82) is 0 Å². The van der Waals surface area contributed by atoms with Gasteiger partial charge in [-0.15, -0.1) is 0 Å². The van der Waals surface area contributed by atoms with Gasteiger partial charge in [-0.25, -0.2) is 4.98 Å². The molecular formula is C10H9BrN2OS. The Morgan fingerprint density at radius 3 is 2.87 bits per heavy atom. The lowest BCUT2D eigenvalue weighted by Crippen LogP contribution is -1.94. The van der Waals surface area contributed by atoms with Gasteiger partial charge in [-0.2, -0.15) is 4.37 Å². The lowest BCUT2D eigenvalue weighted by atomic mass is 10.1. The highest BCUT2D eigenvalue weighted by Crippen LogP contribution is 2.21. The van der Waals surface area contributed by atoms with Crippen molar-refractivity contribution in [3.8, 4) is 5.75 Å². The number of hydrogen-bond acceptors (Lipinski definition) is 4. The van der Waals surface area contributed by atoms with Crippen LogP contribution in [0.15, 0.2) is 28.2 Å². The maximum Gasteiger partial charge on any atom is 0.179 e. The normalized spacial score (nSPS) is 10.3. The number of ether oxygens (including phenoxy) is 1. The molecule has 0 aliphatic rings. The van der Waals surface area contributed by atoms with Gasteiger partial charge in [-0.05, 0) is 33.5 Å². The average Bonchev–Trinajstić information content (AvgIpc) is 2.65. The van der Waals surface area contributed by atoms with Gasteiger partial charge in [0.2, 0.25) is 0 Å². The second-order valence-corrected chi connectivity index (χ2v) is 4.98. The van der Waals surface area contributed by atoms with Gasteiger partial charge in [0, 0.05) is 12.0 Å². The fourth-order valence-corrected chi connectivity index (χ4v) is 2.18. The highest BCUT2D eigenvalue weighted by Gasteiger charge is 2.06. The second-order valence-electron chi connectivity index (χ2n) is 2.95. The molecule has 0 saturated heterocycles. The van der Waals surface area contributed by atoms with E-state index in [1.54, 1.807) is 7.11 Å². The van der Waals surface area contributed by atoms with Crippen molar-refractivity contribution in [3.05, 3.63) is 39.6 Å². The Balaban J connectivity index is 2.23. The summed E-state index contributed by atoms with van der Waals surface area (Å²) in [5.74, 6) is 1.69. The molecule has 5 heteroatoms. The topological polar surface area (TPSA) is 35.0 Å². The number of halogens is 1. The minimum Gasteiger partial charge on any atom is -0.496 e. The van der Waals surface area contributed by atoms with E-state index in [1.807, 2.05) is 24.3 Å². The zero-order valence-electron chi connectivity index (χ0n) is 8.11. The standard InChI is InChI=1S/C10H9BrN2OS/c1-14-8-5-3-2-4-7(8)6-9-12-10(11)15-13-9/h2-5H,6H2,1H3. The lowest BCUT2D eigenvalue weighted by molar-refractivity contribution is 0.410. The first kappa shape index (κ1) is 10.6. The van der Waals surface area contributed by atoms with E-state index in [0.717, 1.165) is 21.1 Å². The maximum absolute atomic E-state index is 5.26. The van der Waals surface area contributed by atoms with Gasteiger partial charge < -0.3 is 4.74 Å². The van der Waals surface area contributed by atoms with Gasteiger partial charge in [-0.3, -0.25) is 0 Å². The van der Waals surface area contributed by atoms with Crippen LogP contribution in [0.2, 0.25) is 0 Å². The van der Waals surface area contributed by atoms with Gasteiger partial charge in [0.1, 0.15) is 11.6 Å². The molecule has 0 aliphatic heterocycles. The van der Waals surface area contributed by atoms with Crippen LogP contribution in [0.5, 0.6) is 5.75 Å². The maximum atomic E-state index is 5.26. The minimum atomic E-state index is 0.701. The summed E-state index contributed by atoms with van der Waals surface area (Å²) in [6.45, 7) is 0. The van der Waals surface area contributed by atoms with Crippen LogP contribution in [0.3, 0.4) is 0 Å². The Morgan fingerprint density at radius 2 is 2.20 bits per heavy atom. The smallest absolute Gasteiger partial charge is 0.179 e. The molecule has 3 nitrogen and oxygen atoms in total. The summed E-state index contributed by atoms with van der Waals surface area (Å²) in [5, 5.41) is 0. The van der Waals surface area contributed by atoms with Crippen LogP contribution in [-0.4, -0.2) is 16.5 Å². The Labute approximate surface area is 100 Å². The molecule has 0 amide bonds. The Morgan fingerprint density at radius 1 is 1.40 bits per heavy atom. The van der Waals surface area contributed by atoms with Crippen molar-refractivity contribution in [2.45, 2.75) is 6.42 Å². The highest BCUT2D eigenvalue weighted by molar-refractivity contribution is 9.11. The van der Waals surface area contributed by atoms with Gasteiger partial charge in [0.05, 0.1) is 7.11 Å². The molecule has 0 spiro atoms. The molecule has 0 N–H and O–H groups in total. The summed E-state index contributed by atoms with van der Waals surface area (Å²) in [6.07, 6.45) is 0.701. The van der Waals surface area contributed by atoms with Gasteiger partial charge in [-0.1, -0.05) is 18.2 Å². The summed E-state index contributed by atoms with van der Waals surface area (Å²) in [5.41, 5.74) is 1.10. The lowest BCUT2D eigenvalue weighted by Gasteiger charge is -2.05. The van der Waals surface area contributed by atoms with Gasteiger partial charge in [0.25, 0.3) is 0 Å². The monoisotopic (exact) mass is 284 g/mol. The fourth-order valence-electron chi connectivity index (χ4n) is 1.32. The van der Waals surface area contributed by atoms with E-state index in [4.69, 9.17) is 4.74 Å². The molecule has 0 unspecified atom stereocenters. The molecule has 15 heavy (non-hydrogen) atoms. The number of hydrogen-bond donors (Lipinski definition) is 0. The zero-order valence-corrected chi connectivity index (χ0v) is 10.5. The molecule has 0 aliphatic carbocycles. The Hall–Kier alpha value is -0.940. The first-order chi connectivity index (χ1) is 7.29. The van der Waals surface area contributed by atoms with Crippen LogP contribution in [0.1, 0.15) is 11.4 Å². The van der Waals surface area contributed by atoms with E-state index in [9.17, 15) is 0 Å². The Kier molecular flexibility index (Phi) is 3.33. The molecule has 0 bridgehead atoms. The van der Waals surface area contributed by atoms with Crippen molar-refractivity contribution < 1.29 is 4.74 Å². The molecule has 0 radical (unpaired) electrons. The highest BCUT2D eigenvalue weighted by atomic mass is 79.9. The molecule has 2 aromatic rings. The number of methoxy groups -OCH3 is 1. The van der Waals surface area contributed by atoms with Crippen LogP contribution in [0.25, 0.3) is 0 Å². The third kappa shape index (κ3) is 2.54. The van der Waals surface area contributed by atoms with E-state index < -0.39 is 0 Å². The van der Waals surface area contributed by atoms with Crippen molar-refractivity contribution in [1.82, 2.24) is 9.36 Å². The van der Waals surface area contributed by atoms with E-state index in [-0.39, 0.29) is 0 Å². The summed E-state index contributed by atoms with van der Waals surface area (Å²) < 4.78 is 10.3. The van der Waals surface area contributed by atoms with Crippen LogP contribution in [0, 0.1) is 0 Å². The Bertz CT molecular complexity index is 458. The number of aromatic nitrogens is 2. The van der Waals surface area contributed by atoms with Crippen LogP contribution >= 0.6 is 27.5 Å². The summed E-state index contributed by atoms with van der Waals surface area (Å²) in [6, 6.07) is 7.90. The SMILES string of the molecule is COc1ccccc1Cc1nsc(Br)n1. The van der Waals surface area contributed by atoms with E-state index >= 15 is 0 Å². The first-order valence-corrected chi connectivity index (χ1v) is 5.96. The largest absolute Gasteiger partial charge is 0.496 e. The molecule has 1 heterocycles. The van der Waals surface area contributed by atoms with Gasteiger partial charge in [0.15, 0.2) is 3.92 Å². The zero-order chi connectivity index (χ0) is 10.7. The molecule has 1 aromatic carbocycles. The fraction of sp³-hybridized carbons (Fsp3) is 0.200. The molecular weight excluding hydrogens is 276 g/mol. The van der Waals surface area contributed by atoms with Crippen molar-refractivity contribution in [3.63, 3.8) is 0 Å². The molecule has 1 aromatic heterocycles. The second kappa shape index (κ2) is 4.72. The third-order valence-corrected chi connectivity index (χ3v) is 3.14. The molecule has 0 fully saturated rings. The van der Waals surface area contributed by atoms with Crippen molar-refractivity contribution in [2.75, 3.05) is 7.11 Å². The molecule has 0 atom stereocenters. The predicted molar refractivity (Wildman–Crippen MR) is 63.4 cm³/mol. The number of para-hydroxylation sites is 1. The summed E-state index contributed by atoms with van der Waals surface area (Å²) in [4.78, 5) is 4.25. The number of rotatable bonds is 3. The third-order valence-electron chi connectivity index (χ3n) is 1.98.